The van der Waals surface area contributed by atoms with Gasteiger partial charge in [0.15, 0.2) is 5.76 Å². The fraction of sp³-hybridized carbons (Fsp3) is 0.462. The Morgan fingerprint density at radius 1 is 1.11 bits per heavy atom. The molecule has 0 N–H and O–H groups in total. The van der Waals surface area contributed by atoms with Gasteiger partial charge in [-0.05, 0) is 48.9 Å². The maximum absolute atomic E-state index is 13.3. The van der Waals surface area contributed by atoms with Gasteiger partial charge in [0.25, 0.3) is 0 Å². The number of hydrogen-bond acceptors (Lipinski definition) is 7. The molecule has 0 saturated carbocycles. The first-order chi connectivity index (χ1) is 17.4. The maximum atomic E-state index is 13.3. The van der Waals surface area contributed by atoms with Gasteiger partial charge in [-0.2, -0.15) is 0 Å². The van der Waals surface area contributed by atoms with Crippen molar-refractivity contribution in [2.24, 2.45) is 11.8 Å². The average molecular weight is 528 g/mol. The number of carbonyl (C=O) groups excluding carboxylic acids is 2. The molecule has 190 valence electrons. The lowest BCUT2D eigenvalue weighted by Crippen LogP contribution is -2.62. The number of rotatable bonds is 7. The second-order valence-corrected chi connectivity index (χ2v) is 11.6. The van der Waals surface area contributed by atoms with E-state index in [0.29, 0.717) is 34.8 Å². The normalized spacial score (nSPS) is 19.6. The molecule has 5 heterocycles. The fourth-order valence-corrected chi connectivity index (χ4v) is 6.08. The zero-order valence-corrected chi connectivity index (χ0v) is 22.0. The zero-order chi connectivity index (χ0) is 25.2. The maximum Gasteiger partial charge on any atom is 0.312 e. The van der Waals surface area contributed by atoms with Crippen molar-refractivity contribution in [2.45, 2.75) is 39.3 Å². The number of halogens is 1. The van der Waals surface area contributed by atoms with Gasteiger partial charge in [-0.15, -0.1) is 11.3 Å². The Hall–Kier alpha value is -2.91. The molecule has 8 nitrogen and oxygen atoms in total. The molecule has 10 heteroatoms. The van der Waals surface area contributed by atoms with Crippen LogP contribution in [0.5, 0.6) is 0 Å². The third-order valence-electron chi connectivity index (χ3n) is 7.13. The number of aromatic nitrogens is 2. The Balaban J connectivity index is 1.22. The predicted molar refractivity (Wildman–Crippen MR) is 140 cm³/mol. The molecule has 3 aromatic rings. The smallest absolute Gasteiger partial charge is 0.312 e. The molecule has 0 aliphatic carbocycles. The van der Waals surface area contributed by atoms with Crippen LogP contribution in [0.4, 0.5) is 5.69 Å². The van der Waals surface area contributed by atoms with E-state index in [-0.39, 0.29) is 18.5 Å². The predicted octanol–water partition coefficient (Wildman–Crippen LogP) is 4.56. The summed E-state index contributed by atoms with van der Waals surface area (Å²) in [7, 11) is 0. The van der Waals surface area contributed by atoms with Crippen LogP contribution in [0.2, 0.25) is 4.34 Å². The first-order valence-corrected chi connectivity index (χ1v) is 13.5. The van der Waals surface area contributed by atoms with Crippen molar-refractivity contribution in [3.05, 3.63) is 52.8 Å². The van der Waals surface area contributed by atoms with E-state index in [2.05, 4.69) is 28.9 Å². The van der Waals surface area contributed by atoms with E-state index in [9.17, 15) is 9.59 Å². The summed E-state index contributed by atoms with van der Waals surface area (Å²) in [6, 6.07) is 9.53. The highest BCUT2D eigenvalue weighted by atomic mass is 35.5. The van der Waals surface area contributed by atoms with E-state index in [0.717, 1.165) is 30.8 Å². The number of hydrogen-bond donors (Lipinski definition) is 0. The summed E-state index contributed by atoms with van der Waals surface area (Å²) in [5.41, 5.74) is 1.80. The largest absolute Gasteiger partial charge is 0.371 e. The molecule has 0 bridgehead atoms. The number of piperazine rings is 1. The molecule has 2 aliphatic rings. The lowest BCUT2D eigenvalue weighted by Gasteiger charge is -2.44. The highest BCUT2D eigenvalue weighted by Gasteiger charge is 2.41. The Labute approximate surface area is 219 Å². The number of pyridine rings is 1. The van der Waals surface area contributed by atoms with Crippen LogP contribution in [0.25, 0.3) is 10.6 Å². The molecule has 2 amide bonds. The first-order valence-electron chi connectivity index (χ1n) is 12.3. The van der Waals surface area contributed by atoms with Gasteiger partial charge >= 0.3 is 11.8 Å². The van der Waals surface area contributed by atoms with Crippen LogP contribution < -0.4 is 4.90 Å². The summed E-state index contributed by atoms with van der Waals surface area (Å²) >= 11 is 7.43. The third-order valence-corrected chi connectivity index (χ3v) is 8.38. The van der Waals surface area contributed by atoms with Crippen molar-refractivity contribution < 1.29 is 14.1 Å². The Bertz CT molecular complexity index is 1210. The van der Waals surface area contributed by atoms with Crippen molar-refractivity contribution in [1.29, 1.82) is 0 Å². The molecule has 5 rings (SSSR count). The minimum atomic E-state index is -0.468. The van der Waals surface area contributed by atoms with Gasteiger partial charge in [0.1, 0.15) is 5.69 Å². The minimum absolute atomic E-state index is 0.0316. The van der Waals surface area contributed by atoms with E-state index in [1.807, 2.05) is 41.6 Å². The summed E-state index contributed by atoms with van der Waals surface area (Å²) in [4.78, 5) is 37.2. The first kappa shape index (κ1) is 24.8. The summed E-state index contributed by atoms with van der Waals surface area (Å²) in [6.45, 7) is 7.46. The quantitative estimate of drug-likeness (QED) is 0.419. The van der Waals surface area contributed by atoms with Crippen molar-refractivity contribution in [2.75, 3.05) is 31.1 Å². The second kappa shape index (κ2) is 10.6. The molecular weight excluding hydrogens is 498 g/mol. The summed E-state index contributed by atoms with van der Waals surface area (Å²) in [5.74, 6) is 0.332. The SMILES string of the molecule is CC(C)[C@H]1CN(Cc2cc(-c3ccc(Cl)s3)on2)C(=O)C(=O)N1CC1CCN(c2ccncc2)CC1. The second-order valence-electron chi connectivity index (χ2n) is 9.88. The fourth-order valence-electron chi connectivity index (χ4n) is 5.09. The number of piperidine rings is 1. The van der Waals surface area contributed by atoms with Gasteiger partial charge in [-0.1, -0.05) is 30.6 Å². The molecule has 0 unspecified atom stereocenters. The number of amides is 2. The van der Waals surface area contributed by atoms with Crippen LogP contribution in [0.1, 0.15) is 32.4 Å². The molecule has 2 aliphatic heterocycles. The Morgan fingerprint density at radius 2 is 1.86 bits per heavy atom. The van der Waals surface area contributed by atoms with E-state index < -0.39 is 11.8 Å². The number of carbonyl (C=O) groups is 2. The molecule has 0 aromatic carbocycles. The lowest BCUT2D eigenvalue weighted by molar-refractivity contribution is -0.161. The van der Waals surface area contributed by atoms with E-state index in [4.69, 9.17) is 16.1 Å². The van der Waals surface area contributed by atoms with Gasteiger partial charge in [0, 0.05) is 50.3 Å². The van der Waals surface area contributed by atoms with Gasteiger partial charge in [-0.25, -0.2) is 0 Å². The average Bonchev–Trinajstić information content (AvgIpc) is 3.53. The van der Waals surface area contributed by atoms with Gasteiger partial charge in [0.05, 0.1) is 21.8 Å². The van der Waals surface area contributed by atoms with E-state index in [1.165, 1.54) is 17.0 Å². The molecule has 0 radical (unpaired) electrons. The third kappa shape index (κ3) is 5.27. The van der Waals surface area contributed by atoms with Crippen molar-refractivity contribution in [1.82, 2.24) is 19.9 Å². The minimum Gasteiger partial charge on any atom is -0.371 e. The molecule has 36 heavy (non-hydrogen) atoms. The highest BCUT2D eigenvalue weighted by Crippen LogP contribution is 2.32. The number of nitrogens with zero attached hydrogens (tertiary/aromatic N) is 5. The van der Waals surface area contributed by atoms with Crippen molar-refractivity contribution in [3.8, 4) is 10.6 Å². The topological polar surface area (TPSA) is 82.8 Å². The van der Waals surface area contributed by atoms with Crippen LogP contribution >= 0.6 is 22.9 Å². The van der Waals surface area contributed by atoms with Crippen LogP contribution in [0.15, 0.2) is 47.2 Å². The summed E-state index contributed by atoms with van der Waals surface area (Å²) in [6.07, 6.45) is 5.61. The van der Waals surface area contributed by atoms with Crippen LogP contribution in [0, 0.1) is 11.8 Å². The Morgan fingerprint density at radius 3 is 2.53 bits per heavy atom. The lowest BCUT2D eigenvalue weighted by atomic mass is 9.92. The van der Waals surface area contributed by atoms with Crippen LogP contribution in [-0.4, -0.2) is 64.0 Å². The van der Waals surface area contributed by atoms with Gasteiger partial charge < -0.3 is 19.2 Å². The van der Waals surface area contributed by atoms with Crippen molar-refractivity contribution >= 4 is 40.4 Å². The van der Waals surface area contributed by atoms with Gasteiger partial charge in [-0.3, -0.25) is 14.6 Å². The standard InChI is InChI=1S/C26H30ClN5O3S/c1-17(2)21-16-31(15-19-13-22(35-29-19)23-3-4-24(27)36-23)25(33)26(34)32(21)14-18-7-11-30(12-8-18)20-5-9-28-10-6-20/h3-6,9-10,13,17-18,21H,7-8,11-12,14-16H2,1-2H3/t21-/m1/s1. The number of thiophene rings is 1. The van der Waals surface area contributed by atoms with Gasteiger partial charge in [0.2, 0.25) is 0 Å². The number of anilines is 1. The Kier molecular flexibility index (Phi) is 7.29. The molecule has 1 atom stereocenters. The van der Waals surface area contributed by atoms with Crippen molar-refractivity contribution in [3.63, 3.8) is 0 Å². The monoisotopic (exact) mass is 527 g/mol. The highest BCUT2D eigenvalue weighted by molar-refractivity contribution is 7.19. The molecule has 2 saturated heterocycles. The molecule has 0 spiro atoms. The molecule has 2 fully saturated rings. The zero-order valence-electron chi connectivity index (χ0n) is 20.5. The molecular formula is C26H30ClN5O3S. The summed E-state index contributed by atoms with van der Waals surface area (Å²) in [5, 5.41) is 4.13. The van der Waals surface area contributed by atoms with E-state index >= 15 is 0 Å². The summed E-state index contributed by atoms with van der Waals surface area (Å²) < 4.78 is 6.13. The van der Waals surface area contributed by atoms with Crippen LogP contribution in [-0.2, 0) is 16.1 Å². The van der Waals surface area contributed by atoms with Crippen LogP contribution in [0.3, 0.4) is 0 Å². The molecule has 3 aromatic heterocycles. The van der Waals surface area contributed by atoms with E-state index in [1.54, 1.807) is 11.0 Å².